The second kappa shape index (κ2) is 9.46. The van der Waals surface area contributed by atoms with Crippen LogP contribution in [0.4, 0.5) is 0 Å². The van der Waals surface area contributed by atoms with Crippen molar-refractivity contribution in [1.29, 1.82) is 0 Å². The summed E-state index contributed by atoms with van der Waals surface area (Å²) in [7, 11) is 1.81. The van der Waals surface area contributed by atoms with Gasteiger partial charge in [0.1, 0.15) is 12.0 Å². The van der Waals surface area contributed by atoms with Gasteiger partial charge < -0.3 is 20.1 Å². The first-order chi connectivity index (χ1) is 10.8. The van der Waals surface area contributed by atoms with Crippen LogP contribution in [0.15, 0.2) is 21.8 Å². The summed E-state index contributed by atoms with van der Waals surface area (Å²) in [6.07, 6.45) is 8.49. The van der Waals surface area contributed by atoms with Gasteiger partial charge in [-0.05, 0) is 25.2 Å². The van der Waals surface area contributed by atoms with Crippen molar-refractivity contribution in [2.45, 2.75) is 44.7 Å². The minimum atomic E-state index is 0. The fourth-order valence-corrected chi connectivity index (χ4v) is 3.57. The largest absolute Gasteiger partial charge is 0.364 e. The molecule has 23 heavy (non-hydrogen) atoms. The highest BCUT2D eigenvalue weighted by Gasteiger charge is 2.26. The molecule has 0 amide bonds. The lowest BCUT2D eigenvalue weighted by molar-refractivity contribution is 0.275. The Kier molecular flexibility index (Phi) is 7.61. The molecule has 1 unspecified atom stereocenters. The lowest BCUT2D eigenvalue weighted by atomic mass is 10.1. The topological polar surface area (TPSA) is 65.7 Å². The Labute approximate surface area is 155 Å². The first-order valence-corrected chi connectivity index (χ1v) is 8.42. The van der Waals surface area contributed by atoms with Crippen LogP contribution >= 0.6 is 24.0 Å². The first kappa shape index (κ1) is 18.5. The normalized spacial score (nSPS) is 23.0. The van der Waals surface area contributed by atoms with E-state index < -0.39 is 0 Å². The molecule has 1 saturated heterocycles. The summed E-state index contributed by atoms with van der Waals surface area (Å²) < 4.78 is 4.83. The van der Waals surface area contributed by atoms with E-state index in [1.165, 1.54) is 45.2 Å². The van der Waals surface area contributed by atoms with E-state index in [2.05, 4.69) is 25.7 Å². The van der Waals surface area contributed by atoms with Crippen molar-refractivity contribution >= 4 is 29.9 Å². The van der Waals surface area contributed by atoms with Gasteiger partial charge in [0, 0.05) is 38.8 Å². The molecule has 2 N–H and O–H groups in total. The molecule has 2 heterocycles. The van der Waals surface area contributed by atoms with E-state index in [-0.39, 0.29) is 24.0 Å². The molecule has 0 spiro atoms. The molecule has 1 aliphatic heterocycles. The molecule has 130 valence electrons. The summed E-state index contributed by atoms with van der Waals surface area (Å²) in [5.74, 6) is 1.78. The predicted molar refractivity (Wildman–Crippen MR) is 102 cm³/mol. The Balaban J connectivity index is 0.00000192. The third-order valence-electron chi connectivity index (χ3n) is 4.76. The van der Waals surface area contributed by atoms with E-state index in [9.17, 15) is 0 Å². The molecule has 6 nitrogen and oxygen atoms in total. The molecule has 1 aromatic heterocycles. The fourth-order valence-electron chi connectivity index (χ4n) is 3.57. The minimum absolute atomic E-state index is 0. The summed E-state index contributed by atoms with van der Waals surface area (Å²) in [5, 5.41) is 10.7. The molecular formula is C16H28IN5O. The number of hydrogen-bond acceptors (Lipinski definition) is 4. The van der Waals surface area contributed by atoms with Gasteiger partial charge in [-0.1, -0.05) is 18.0 Å². The summed E-state index contributed by atoms with van der Waals surface area (Å²) in [4.78, 5) is 6.91. The lowest BCUT2D eigenvalue weighted by Crippen LogP contribution is -2.44. The molecule has 0 bridgehead atoms. The number of nitrogens with zero attached hydrogens (tertiary/aromatic N) is 3. The van der Waals surface area contributed by atoms with Crippen LogP contribution in [0.25, 0.3) is 0 Å². The zero-order chi connectivity index (χ0) is 15.2. The Hall–Kier alpha value is -0.830. The number of aliphatic imine (C=N–C) groups is 1. The average Bonchev–Trinajstić information content (AvgIpc) is 3.27. The number of likely N-dealkylation sites (tertiary alicyclic amines) is 1. The van der Waals surface area contributed by atoms with Gasteiger partial charge >= 0.3 is 0 Å². The van der Waals surface area contributed by atoms with E-state index in [1.54, 1.807) is 6.26 Å². The van der Waals surface area contributed by atoms with E-state index in [4.69, 9.17) is 4.52 Å². The van der Waals surface area contributed by atoms with Crippen molar-refractivity contribution in [3.8, 4) is 0 Å². The van der Waals surface area contributed by atoms with Crippen molar-refractivity contribution in [3.63, 3.8) is 0 Å². The van der Waals surface area contributed by atoms with Crippen molar-refractivity contribution in [2.24, 2.45) is 10.9 Å². The van der Waals surface area contributed by atoms with Gasteiger partial charge in [0.2, 0.25) is 0 Å². The van der Waals surface area contributed by atoms with Crippen LogP contribution in [0.3, 0.4) is 0 Å². The summed E-state index contributed by atoms with van der Waals surface area (Å²) in [6.45, 7) is 4.24. The first-order valence-electron chi connectivity index (χ1n) is 8.42. The van der Waals surface area contributed by atoms with E-state index in [0.29, 0.717) is 12.6 Å². The number of halogens is 1. The molecule has 1 atom stereocenters. The van der Waals surface area contributed by atoms with Crippen LogP contribution in [-0.2, 0) is 6.54 Å². The third kappa shape index (κ3) is 5.63. The van der Waals surface area contributed by atoms with Crippen LogP contribution in [0.2, 0.25) is 0 Å². The number of hydrogen-bond donors (Lipinski definition) is 2. The van der Waals surface area contributed by atoms with Crippen LogP contribution < -0.4 is 10.6 Å². The highest BCUT2D eigenvalue weighted by molar-refractivity contribution is 14.0. The van der Waals surface area contributed by atoms with Crippen LogP contribution in [0.5, 0.6) is 0 Å². The monoisotopic (exact) mass is 433 g/mol. The maximum atomic E-state index is 4.83. The van der Waals surface area contributed by atoms with Gasteiger partial charge in [0.05, 0.1) is 6.54 Å². The van der Waals surface area contributed by atoms with Crippen molar-refractivity contribution < 1.29 is 4.52 Å². The third-order valence-corrected chi connectivity index (χ3v) is 4.76. The predicted octanol–water partition coefficient (Wildman–Crippen LogP) is 2.22. The zero-order valence-electron chi connectivity index (χ0n) is 13.8. The maximum absolute atomic E-state index is 4.83. The molecular weight excluding hydrogens is 405 g/mol. The van der Waals surface area contributed by atoms with Crippen LogP contribution in [0, 0.1) is 5.92 Å². The van der Waals surface area contributed by atoms with Gasteiger partial charge in [-0.15, -0.1) is 24.0 Å². The Bertz CT molecular complexity index is 473. The summed E-state index contributed by atoms with van der Waals surface area (Å²) >= 11 is 0. The summed E-state index contributed by atoms with van der Waals surface area (Å²) in [6, 6.07) is 2.35. The molecule has 1 aliphatic carbocycles. The smallest absolute Gasteiger partial charge is 0.191 e. The van der Waals surface area contributed by atoms with Crippen molar-refractivity contribution in [2.75, 3.05) is 26.7 Å². The molecule has 7 heteroatoms. The van der Waals surface area contributed by atoms with E-state index >= 15 is 0 Å². The number of nitrogens with one attached hydrogen (secondary N) is 2. The van der Waals surface area contributed by atoms with Gasteiger partial charge in [0.15, 0.2) is 5.96 Å². The number of aromatic nitrogens is 1. The molecule has 2 aliphatic rings. The van der Waals surface area contributed by atoms with Gasteiger partial charge in [-0.3, -0.25) is 4.99 Å². The summed E-state index contributed by atoms with van der Waals surface area (Å²) in [5.41, 5.74) is 0.886. The average molecular weight is 433 g/mol. The standard InChI is InChI=1S/C16H27N5O.HI/c1-17-16(18-10-14-7-9-22-20-14)19-15-6-8-21(12-15)11-13-4-2-3-5-13;/h7,9,13,15H,2-6,8,10-12H2,1H3,(H2,17,18,19);1H. The Morgan fingerprint density at radius 3 is 2.91 bits per heavy atom. The van der Waals surface area contributed by atoms with Crippen LogP contribution in [0.1, 0.15) is 37.8 Å². The zero-order valence-corrected chi connectivity index (χ0v) is 16.2. The molecule has 1 saturated carbocycles. The van der Waals surface area contributed by atoms with Crippen molar-refractivity contribution in [1.82, 2.24) is 20.7 Å². The molecule has 3 rings (SSSR count). The van der Waals surface area contributed by atoms with Gasteiger partial charge in [-0.25, -0.2) is 0 Å². The lowest BCUT2D eigenvalue weighted by Gasteiger charge is -2.21. The molecule has 1 aromatic rings. The minimum Gasteiger partial charge on any atom is -0.364 e. The van der Waals surface area contributed by atoms with Gasteiger partial charge in [-0.2, -0.15) is 0 Å². The van der Waals surface area contributed by atoms with Gasteiger partial charge in [0.25, 0.3) is 0 Å². The van der Waals surface area contributed by atoms with E-state index in [1.807, 2.05) is 13.1 Å². The molecule has 0 radical (unpaired) electrons. The quantitative estimate of drug-likeness (QED) is 0.424. The van der Waals surface area contributed by atoms with E-state index in [0.717, 1.165) is 24.1 Å². The number of guanidine groups is 1. The second-order valence-corrected chi connectivity index (χ2v) is 6.46. The highest BCUT2D eigenvalue weighted by atomic mass is 127. The molecule has 2 fully saturated rings. The number of rotatable bonds is 5. The Morgan fingerprint density at radius 2 is 2.22 bits per heavy atom. The highest BCUT2D eigenvalue weighted by Crippen LogP contribution is 2.26. The molecule has 0 aromatic carbocycles. The second-order valence-electron chi connectivity index (χ2n) is 6.46. The fraction of sp³-hybridized carbons (Fsp3) is 0.750. The maximum Gasteiger partial charge on any atom is 0.191 e. The Morgan fingerprint density at radius 1 is 1.39 bits per heavy atom. The van der Waals surface area contributed by atoms with Crippen LogP contribution in [-0.4, -0.2) is 48.7 Å². The SMILES string of the molecule is CN=C(NCc1ccon1)NC1CCN(CC2CCCC2)C1.I. The van der Waals surface area contributed by atoms with Crippen molar-refractivity contribution in [3.05, 3.63) is 18.0 Å².